The normalized spacial score (nSPS) is 31.7. The number of rotatable bonds is 3. The molecule has 3 aliphatic rings. The van der Waals surface area contributed by atoms with Gasteiger partial charge in [-0.15, -0.1) is 0 Å². The highest BCUT2D eigenvalue weighted by Gasteiger charge is 2.33. The second kappa shape index (κ2) is 6.02. The van der Waals surface area contributed by atoms with Crippen molar-refractivity contribution in [3.8, 4) is 11.5 Å². The maximum atomic E-state index is 12.5. The van der Waals surface area contributed by atoms with Gasteiger partial charge in [-0.3, -0.25) is 4.79 Å². The Morgan fingerprint density at radius 3 is 3.09 bits per heavy atom. The topological polar surface area (TPSA) is 71.0 Å². The molecule has 124 valence electrons. The van der Waals surface area contributed by atoms with Crippen LogP contribution in [0.5, 0.6) is 11.5 Å². The molecule has 2 bridgehead atoms. The first kappa shape index (κ1) is 14.8. The van der Waals surface area contributed by atoms with Crippen LogP contribution in [0.3, 0.4) is 0 Å². The number of amides is 1. The van der Waals surface area contributed by atoms with Crippen LogP contribution >= 0.6 is 0 Å². The van der Waals surface area contributed by atoms with E-state index in [1.54, 1.807) is 18.2 Å². The van der Waals surface area contributed by atoms with E-state index >= 15 is 0 Å². The number of hydrogen-bond acceptors (Lipinski definition) is 5. The Bertz CT molecular complexity index is 594. The van der Waals surface area contributed by atoms with Crippen molar-refractivity contribution in [3.05, 3.63) is 23.8 Å². The lowest BCUT2D eigenvalue weighted by molar-refractivity contribution is 0.0455. The standard InChI is InChI=1S/C17H22N2O4/c20-9-14-10-22-16-6-12(1-2-15(16)23-14)17(21)18-13-5-11-3-4-19(7-11)8-13/h1-2,6,11,13-14,20H,3-5,7-10H2,(H,18,21)/t11-,13+,14+/m0/s1. The quantitative estimate of drug-likeness (QED) is 0.856. The van der Waals surface area contributed by atoms with E-state index in [0.29, 0.717) is 23.7 Å². The Kier molecular flexibility index (Phi) is 3.87. The molecule has 2 fully saturated rings. The molecular formula is C17H22N2O4. The predicted molar refractivity (Wildman–Crippen MR) is 83.9 cm³/mol. The van der Waals surface area contributed by atoms with Crippen LogP contribution in [-0.4, -0.2) is 60.9 Å². The Morgan fingerprint density at radius 2 is 2.26 bits per heavy atom. The van der Waals surface area contributed by atoms with E-state index in [4.69, 9.17) is 14.6 Å². The van der Waals surface area contributed by atoms with Crippen molar-refractivity contribution in [2.75, 3.05) is 32.8 Å². The molecule has 4 atom stereocenters. The number of carbonyl (C=O) groups is 1. The van der Waals surface area contributed by atoms with E-state index < -0.39 is 0 Å². The molecule has 0 spiro atoms. The summed E-state index contributed by atoms with van der Waals surface area (Å²) >= 11 is 0. The molecule has 6 heteroatoms. The van der Waals surface area contributed by atoms with Crippen molar-refractivity contribution in [1.29, 1.82) is 0 Å². The van der Waals surface area contributed by atoms with Gasteiger partial charge in [0.1, 0.15) is 6.61 Å². The molecule has 4 rings (SSSR count). The van der Waals surface area contributed by atoms with Crippen LogP contribution in [0, 0.1) is 5.92 Å². The number of nitrogens with one attached hydrogen (secondary N) is 1. The summed E-state index contributed by atoms with van der Waals surface area (Å²) < 4.78 is 11.2. The summed E-state index contributed by atoms with van der Waals surface area (Å²) in [5.41, 5.74) is 0.586. The molecule has 3 aliphatic heterocycles. The largest absolute Gasteiger partial charge is 0.486 e. The second-order valence-corrected chi connectivity index (χ2v) is 6.72. The SMILES string of the molecule is O=C(N[C@@H]1C[C@@H]2CCN(C2)C1)c1ccc2c(c1)OC[C@@H](CO)O2. The molecular weight excluding hydrogens is 296 g/mol. The lowest BCUT2D eigenvalue weighted by Gasteiger charge is -2.30. The first-order valence-corrected chi connectivity index (χ1v) is 8.29. The van der Waals surface area contributed by atoms with E-state index in [1.165, 1.54) is 13.0 Å². The summed E-state index contributed by atoms with van der Waals surface area (Å²) in [6.07, 6.45) is 1.99. The molecule has 6 nitrogen and oxygen atoms in total. The molecule has 0 aliphatic carbocycles. The lowest BCUT2D eigenvalue weighted by Crippen LogP contribution is -2.47. The minimum absolute atomic E-state index is 0.0619. The molecule has 1 aromatic rings. The number of aliphatic hydroxyl groups is 1. The molecule has 0 aromatic heterocycles. The average Bonchev–Trinajstić information content (AvgIpc) is 2.92. The van der Waals surface area contributed by atoms with Crippen LogP contribution in [0.2, 0.25) is 0 Å². The maximum absolute atomic E-state index is 12.5. The number of benzene rings is 1. The van der Waals surface area contributed by atoms with Crippen molar-refractivity contribution in [3.63, 3.8) is 0 Å². The van der Waals surface area contributed by atoms with Gasteiger partial charge in [-0.05, 0) is 43.5 Å². The Labute approximate surface area is 135 Å². The Balaban J connectivity index is 1.43. The van der Waals surface area contributed by atoms with Crippen LogP contribution in [0.1, 0.15) is 23.2 Å². The first-order chi connectivity index (χ1) is 11.2. The number of carbonyl (C=O) groups excluding carboxylic acids is 1. The number of ether oxygens (including phenoxy) is 2. The van der Waals surface area contributed by atoms with Crippen molar-refractivity contribution in [2.24, 2.45) is 5.92 Å². The second-order valence-electron chi connectivity index (χ2n) is 6.72. The number of fused-ring (bicyclic) bond motifs is 3. The molecule has 0 saturated carbocycles. The van der Waals surface area contributed by atoms with Crippen LogP contribution in [0.15, 0.2) is 18.2 Å². The molecule has 3 heterocycles. The van der Waals surface area contributed by atoms with Gasteiger partial charge in [0.15, 0.2) is 17.6 Å². The molecule has 2 saturated heterocycles. The summed E-state index contributed by atoms with van der Waals surface area (Å²) in [6.45, 7) is 3.51. The van der Waals surface area contributed by atoms with E-state index in [-0.39, 0.29) is 24.7 Å². The average molecular weight is 318 g/mol. The van der Waals surface area contributed by atoms with E-state index in [9.17, 15) is 4.79 Å². The summed E-state index contributed by atoms with van der Waals surface area (Å²) in [5, 5.41) is 12.3. The van der Waals surface area contributed by atoms with Gasteiger partial charge in [-0.25, -0.2) is 0 Å². The summed E-state index contributed by atoms with van der Waals surface area (Å²) in [7, 11) is 0. The fourth-order valence-corrected chi connectivity index (χ4v) is 3.78. The van der Waals surface area contributed by atoms with Crippen molar-refractivity contribution >= 4 is 5.91 Å². The highest BCUT2D eigenvalue weighted by molar-refractivity contribution is 5.95. The zero-order valence-corrected chi connectivity index (χ0v) is 13.0. The van der Waals surface area contributed by atoms with Gasteiger partial charge >= 0.3 is 0 Å². The maximum Gasteiger partial charge on any atom is 0.251 e. The number of aliphatic hydroxyl groups excluding tert-OH is 1. The predicted octanol–water partition coefficient (Wildman–Crippen LogP) is 0.643. The fourth-order valence-electron chi connectivity index (χ4n) is 3.78. The number of nitrogens with zero attached hydrogens (tertiary/aromatic N) is 1. The molecule has 1 aromatic carbocycles. The van der Waals surface area contributed by atoms with Gasteiger partial charge in [0.2, 0.25) is 0 Å². The van der Waals surface area contributed by atoms with Gasteiger partial charge in [-0.1, -0.05) is 0 Å². The number of hydrogen-bond donors (Lipinski definition) is 2. The van der Waals surface area contributed by atoms with Crippen molar-refractivity contribution in [1.82, 2.24) is 10.2 Å². The summed E-state index contributed by atoms with van der Waals surface area (Å²) in [4.78, 5) is 14.9. The minimum Gasteiger partial charge on any atom is -0.486 e. The zero-order valence-electron chi connectivity index (χ0n) is 13.0. The van der Waals surface area contributed by atoms with Crippen LogP contribution in [-0.2, 0) is 0 Å². The Morgan fingerprint density at radius 1 is 1.35 bits per heavy atom. The minimum atomic E-state index is -0.339. The van der Waals surface area contributed by atoms with E-state index in [0.717, 1.165) is 25.4 Å². The summed E-state index contributed by atoms with van der Waals surface area (Å²) in [6, 6.07) is 5.43. The molecule has 1 amide bonds. The van der Waals surface area contributed by atoms with Gasteiger partial charge in [0.25, 0.3) is 5.91 Å². The smallest absolute Gasteiger partial charge is 0.251 e. The highest BCUT2D eigenvalue weighted by Crippen LogP contribution is 2.33. The third-order valence-corrected chi connectivity index (χ3v) is 4.93. The van der Waals surface area contributed by atoms with Gasteiger partial charge < -0.3 is 24.8 Å². The van der Waals surface area contributed by atoms with Crippen LogP contribution in [0.4, 0.5) is 0 Å². The Hall–Kier alpha value is -1.79. The third-order valence-electron chi connectivity index (χ3n) is 4.93. The molecule has 23 heavy (non-hydrogen) atoms. The van der Waals surface area contributed by atoms with Crippen LogP contribution < -0.4 is 14.8 Å². The number of piperidine rings is 1. The van der Waals surface area contributed by atoms with E-state index in [1.807, 2.05) is 0 Å². The monoisotopic (exact) mass is 318 g/mol. The first-order valence-electron chi connectivity index (χ1n) is 8.29. The van der Waals surface area contributed by atoms with Crippen molar-refractivity contribution < 1.29 is 19.4 Å². The molecule has 0 radical (unpaired) electrons. The van der Waals surface area contributed by atoms with E-state index in [2.05, 4.69) is 10.2 Å². The third kappa shape index (κ3) is 3.01. The molecule has 2 N–H and O–H groups in total. The van der Waals surface area contributed by atoms with Gasteiger partial charge in [-0.2, -0.15) is 0 Å². The molecule has 1 unspecified atom stereocenters. The van der Waals surface area contributed by atoms with Gasteiger partial charge in [0, 0.05) is 24.7 Å². The summed E-state index contributed by atoms with van der Waals surface area (Å²) in [5.74, 6) is 1.81. The zero-order chi connectivity index (χ0) is 15.8. The van der Waals surface area contributed by atoms with Crippen molar-refractivity contribution in [2.45, 2.75) is 25.0 Å². The van der Waals surface area contributed by atoms with Crippen LogP contribution in [0.25, 0.3) is 0 Å². The fraction of sp³-hybridized carbons (Fsp3) is 0.588. The van der Waals surface area contributed by atoms with Gasteiger partial charge in [0.05, 0.1) is 6.61 Å². The highest BCUT2D eigenvalue weighted by atomic mass is 16.6. The lowest BCUT2D eigenvalue weighted by atomic mass is 9.96.